The summed E-state index contributed by atoms with van der Waals surface area (Å²) in [7, 11) is 0. The number of aliphatic hydroxyl groups is 2. The maximum Gasteiger partial charge on any atom is 2.00 e. The van der Waals surface area contributed by atoms with Gasteiger partial charge in [-0.25, -0.2) is 0 Å². The van der Waals surface area contributed by atoms with Crippen molar-refractivity contribution in [2.75, 3.05) is 12.4 Å². The van der Waals surface area contributed by atoms with E-state index in [2.05, 4.69) is 12.6 Å². The average molecular weight is 150 g/mol. The van der Waals surface area contributed by atoms with E-state index in [-0.39, 0.29) is 47.2 Å². The van der Waals surface area contributed by atoms with Gasteiger partial charge in [0.05, 0.1) is 12.7 Å². The maximum atomic E-state index is 8.34. The molecule has 0 rings (SSSR count). The molecule has 0 aliphatic heterocycles. The van der Waals surface area contributed by atoms with Crippen molar-refractivity contribution < 1.29 is 13.1 Å². The molecule has 0 saturated heterocycles. The number of hydrogen-bond acceptors (Lipinski definition) is 3. The van der Waals surface area contributed by atoms with E-state index in [4.69, 9.17) is 10.2 Å². The molecule has 7 heavy (non-hydrogen) atoms. The SMILES string of the molecule is OCC(O)CS.[Ca+2].[H-].[H-]. The molecule has 0 radical (unpaired) electrons. The van der Waals surface area contributed by atoms with Crippen molar-refractivity contribution in [2.24, 2.45) is 0 Å². The van der Waals surface area contributed by atoms with Gasteiger partial charge in [-0.2, -0.15) is 12.6 Å². The van der Waals surface area contributed by atoms with Crippen LogP contribution in [-0.2, 0) is 0 Å². The van der Waals surface area contributed by atoms with Gasteiger partial charge in [0.1, 0.15) is 0 Å². The van der Waals surface area contributed by atoms with Gasteiger partial charge in [0, 0.05) is 5.75 Å². The van der Waals surface area contributed by atoms with E-state index < -0.39 is 6.10 Å². The minimum atomic E-state index is -0.645. The Labute approximate surface area is 81.3 Å². The third-order valence-corrected chi connectivity index (χ3v) is 0.843. The molecule has 0 aliphatic rings. The first kappa shape index (κ1) is 11.3. The Bertz CT molecular complexity index is 39.0. The zero-order valence-corrected chi connectivity index (χ0v) is 7.14. The molecular formula is C3H10CaO2S. The topological polar surface area (TPSA) is 40.5 Å². The van der Waals surface area contributed by atoms with Crippen molar-refractivity contribution >= 4 is 50.4 Å². The van der Waals surface area contributed by atoms with Crippen molar-refractivity contribution in [2.45, 2.75) is 6.10 Å². The Morgan fingerprint density at radius 3 is 2.14 bits per heavy atom. The first-order valence-corrected chi connectivity index (χ1v) is 2.34. The number of hydrogen-bond donors (Lipinski definition) is 3. The van der Waals surface area contributed by atoms with E-state index in [9.17, 15) is 0 Å². The van der Waals surface area contributed by atoms with Crippen LogP contribution in [0.5, 0.6) is 0 Å². The smallest absolute Gasteiger partial charge is 1.00 e. The number of thiol groups is 1. The summed E-state index contributed by atoms with van der Waals surface area (Å²) in [4.78, 5) is 0. The summed E-state index contributed by atoms with van der Waals surface area (Å²) in [6.07, 6.45) is -0.645. The zero-order valence-electron chi connectivity index (χ0n) is 6.04. The molecule has 0 aromatic heterocycles. The van der Waals surface area contributed by atoms with E-state index in [1.54, 1.807) is 0 Å². The van der Waals surface area contributed by atoms with Crippen molar-refractivity contribution in [3.63, 3.8) is 0 Å². The third kappa shape index (κ3) is 7.53. The molecule has 0 spiro atoms. The summed E-state index contributed by atoms with van der Waals surface area (Å²) < 4.78 is 0. The Kier molecular flexibility index (Phi) is 12.2. The Morgan fingerprint density at radius 1 is 1.71 bits per heavy atom. The molecular weight excluding hydrogens is 140 g/mol. The fraction of sp³-hybridized carbons (Fsp3) is 1.00. The van der Waals surface area contributed by atoms with Crippen LogP contribution >= 0.6 is 12.6 Å². The van der Waals surface area contributed by atoms with Gasteiger partial charge in [-0.3, -0.25) is 0 Å². The largest absolute Gasteiger partial charge is 2.00 e. The first-order chi connectivity index (χ1) is 2.81. The molecule has 2 N–H and O–H groups in total. The van der Waals surface area contributed by atoms with Crippen LogP contribution in [0.1, 0.15) is 2.85 Å². The van der Waals surface area contributed by atoms with Crippen molar-refractivity contribution in [1.29, 1.82) is 0 Å². The molecule has 4 heteroatoms. The zero-order chi connectivity index (χ0) is 4.99. The van der Waals surface area contributed by atoms with Gasteiger partial charge in [0.15, 0.2) is 0 Å². The fourth-order valence-electron chi connectivity index (χ4n) is 0.0577. The first-order valence-electron chi connectivity index (χ1n) is 1.71. The van der Waals surface area contributed by atoms with Crippen LogP contribution in [0.25, 0.3) is 0 Å². The van der Waals surface area contributed by atoms with Crippen molar-refractivity contribution in [1.82, 2.24) is 0 Å². The van der Waals surface area contributed by atoms with Gasteiger partial charge in [0.25, 0.3) is 0 Å². The molecule has 0 aromatic carbocycles. The van der Waals surface area contributed by atoms with E-state index in [1.807, 2.05) is 0 Å². The predicted octanol–water partition coefficient (Wildman–Crippen LogP) is -0.886. The van der Waals surface area contributed by atoms with E-state index in [1.165, 1.54) is 0 Å². The van der Waals surface area contributed by atoms with Gasteiger partial charge in [-0.1, -0.05) is 0 Å². The van der Waals surface area contributed by atoms with Crippen LogP contribution in [0, 0.1) is 0 Å². The van der Waals surface area contributed by atoms with Crippen LogP contribution in [0.15, 0.2) is 0 Å². The summed E-state index contributed by atoms with van der Waals surface area (Å²) >= 11 is 3.69. The normalized spacial score (nSPS) is 12.4. The van der Waals surface area contributed by atoms with E-state index >= 15 is 0 Å². The molecule has 2 nitrogen and oxygen atoms in total. The van der Waals surface area contributed by atoms with Crippen LogP contribution in [0.2, 0.25) is 0 Å². The van der Waals surface area contributed by atoms with Gasteiger partial charge in [-0.05, 0) is 0 Å². The molecule has 0 fully saturated rings. The fourth-order valence-corrected chi connectivity index (χ4v) is 0.173. The second kappa shape index (κ2) is 7.53. The molecule has 0 saturated carbocycles. The number of aliphatic hydroxyl groups excluding tert-OH is 2. The molecule has 1 atom stereocenters. The van der Waals surface area contributed by atoms with E-state index in [0.29, 0.717) is 5.75 Å². The minimum Gasteiger partial charge on any atom is -1.00 e. The third-order valence-electron chi connectivity index (χ3n) is 0.421. The van der Waals surface area contributed by atoms with Gasteiger partial charge in [-0.15, -0.1) is 0 Å². The molecule has 1 unspecified atom stereocenters. The molecule has 0 heterocycles. The van der Waals surface area contributed by atoms with Gasteiger partial charge >= 0.3 is 37.7 Å². The maximum absolute atomic E-state index is 8.34. The van der Waals surface area contributed by atoms with Crippen LogP contribution < -0.4 is 0 Å². The van der Waals surface area contributed by atoms with Crippen molar-refractivity contribution in [3.05, 3.63) is 0 Å². The molecule has 42 valence electrons. The number of rotatable bonds is 2. The van der Waals surface area contributed by atoms with Gasteiger partial charge < -0.3 is 13.1 Å². The summed E-state index contributed by atoms with van der Waals surface area (Å²) in [5.74, 6) is 0.330. The van der Waals surface area contributed by atoms with Crippen LogP contribution in [0.3, 0.4) is 0 Å². The summed E-state index contributed by atoms with van der Waals surface area (Å²) in [5.41, 5.74) is 0. The molecule has 0 aliphatic carbocycles. The monoisotopic (exact) mass is 150 g/mol. The summed E-state index contributed by atoms with van der Waals surface area (Å²) in [6, 6.07) is 0. The second-order valence-corrected chi connectivity index (χ2v) is 1.38. The quantitative estimate of drug-likeness (QED) is 0.353. The Balaban J connectivity index is -0.0000000417. The molecule has 0 aromatic rings. The van der Waals surface area contributed by atoms with E-state index in [0.717, 1.165) is 0 Å². The standard InChI is InChI=1S/C3H8O2S.Ca.2H/c4-1-3(5)2-6;;;/h3-6H,1-2H2;;;/q;+2;2*-1. The van der Waals surface area contributed by atoms with Crippen molar-refractivity contribution in [3.8, 4) is 0 Å². The van der Waals surface area contributed by atoms with Crippen LogP contribution in [-0.4, -0.2) is 66.4 Å². The predicted molar refractivity (Wildman–Crippen MR) is 34.9 cm³/mol. The van der Waals surface area contributed by atoms with Crippen LogP contribution in [0.4, 0.5) is 0 Å². The summed E-state index contributed by atoms with van der Waals surface area (Å²) in [6.45, 7) is -0.191. The Morgan fingerprint density at radius 2 is 2.14 bits per heavy atom. The van der Waals surface area contributed by atoms with Gasteiger partial charge in [0.2, 0.25) is 0 Å². The molecule has 0 bridgehead atoms. The second-order valence-electron chi connectivity index (χ2n) is 1.02. The summed E-state index contributed by atoms with van der Waals surface area (Å²) in [5, 5.41) is 16.4. The molecule has 0 amide bonds. The Hall–Kier alpha value is 1.53. The minimum absolute atomic E-state index is 0. The average Bonchev–Trinajstić information content (AvgIpc) is 1.65.